The Balaban J connectivity index is 2.52. The highest BCUT2D eigenvalue weighted by atomic mass is 16.5. The standard InChI is InChI=1S/C15H23NO2/c1-5-6-7-14(17)16-12-8-10-13(11-9-12)18-15(2,3)4/h8-11H,5-7H2,1-4H3,(H,16,17). The van der Waals surface area contributed by atoms with Crippen molar-refractivity contribution in [1.29, 1.82) is 0 Å². The fourth-order valence-electron chi connectivity index (χ4n) is 1.52. The normalized spacial score (nSPS) is 11.1. The van der Waals surface area contributed by atoms with Gasteiger partial charge in [-0.05, 0) is 51.5 Å². The van der Waals surface area contributed by atoms with Crippen LogP contribution >= 0.6 is 0 Å². The lowest BCUT2D eigenvalue weighted by atomic mass is 10.2. The van der Waals surface area contributed by atoms with Crippen LogP contribution in [0.2, 0.25) is 0 Å². The largest absolute Gasteiger partial charge is 0.488 e. The molecule has 0 spiro atoms. The lowest BCUT2D eigenvalue weighted by molar-refractivity contribution is -0.116. The van der Waals surface area contributed by atoms with E-state index in [-0.39, 0.29) is 11.5 Å². The maximum Gasteiger partial charge on any atom is 0.224 e. The van der Waals surface area contributed by atoms with Crippen LogP contribution in [0.1, 0.15) is 47.0 Å². The first-order valence-electron chi connectivity index (χ1n) is 6.49. The molecule has 18 heavy (non-hydrogen) atoms. The summed E-state index contributed by atoms with van der Waals surface area (Å²) in [4.78, 5) is 11.5. The van der Waals surface area contributed by atoms with E-state index >= 15 is 0 Å². The Labute approximate surface area is 110 Å². The Kier molecular flexibility index (Phi) is 5.20. The maximum atomic E-state index is 11.5. The molecule has 100 valence electrons. The summed E-state index contributed by atoms with van der Waals surface area (Å²) in [7, 11) is 0. The van der Waals surface area contributed by atoms with Crippen molar-refractivity contribution in [3.63, 3.8) is 0 Å². The molecule has 0 radical (unpaired) electrons. The van der Waals surface area contributed by atoms with Crippen LogP contribution in [0.25, 0.3) is 0 Å². The van der Waals surface area contributed by atoms with E-state index in [1.54, 1.807) is 0 Å². The van der Waals surface area contributed by atoms with Gasteiger partial charge >= 0.3 is 0 Å². The van der Waals surface area contributed by atoms with Crippen molar-refractivity contribution in [3.8, 4) is 5.75 Å². The molecule has 0 aliphatic carbocycles. The molecule has 0 atom stereocenters. The summed E-state index contributed by atoms with van der Waals surface area (Å²) in [6.07, 6.45) is 2.54. The lowest BCUT2D eigenvalue weighted by Gasteiger charge is -2.21. The summed E-state index contributed by atoms with van der Waals surface area (Å²) in [5.41, 5.74) is 0.615. The second-order valence-corrected chi connectivity index (χ2v) is 5.39. The molecule has 1 N–H and O–H groups in total. The van der Waals surface area contributed by atoms with E-state index in [0.717, 1.165) is 24.3 Å². The number of amides is 1. The molecular formula is C15H23NO2. The average Bonchev–Trinajstić information content (AvgIpc) is 2.27. The Morgan fingerprint density at radius 2 is 1.83 bits per heavy atom. The summed E-state index contributed by atoms with van der Waals surface area (Å²) >= 11 is 0. The molecule has 1 aromatic rings. The molecule has 1 amide bonds. The number of benzene rings is 1. The maximum absolute atomic E-state index is 11.5. The van der Waals surface area contributed by atoms with Gasteiger partial charge in [-0.1, -0.05) is 13.3 Å². The summed E-state index contributed by atoms with van der Waals surface area (Å²) in [6.45, 7) is 8.10. The summed E-state index contributed by atoms with van der Waals surface area (Å²) < 4.78 is 5.71. The average molecular weight is 249 g/mol. The highest BCUT2D eigenvalue weighted by Crippen LogP contribution is 2.20. The molecular weight excluding hydrogens is 226 g/mol. The molecule has 0 aromatic heterocycles. The van der Waals surface area contributed by atoms with Gasteiger partial charge in [0, 0.05) is 12.1 Å². The van der Waals surface area contributed by atoms with Gasteiger partial charge < -0.3 is 10.1 Å². The van der Waals surface area contributed by atoms with Crippen molar-refractivity contribution in [1.82, 2.24) is 0 Å². The first kappa shape index (κ1) is 14.6. The van der Waals surface area contributed by atoms with Gasteiger partial charge in [-0.15, -0.1) is 0 Å². The van der Waals surface area contributed by atoms with Crippen LogP contribution in [0.15, 0.2) is 24.3 Å². The van der Waals surface area contributed by atoms with Crippen molar-refractivity contribution in [2.45, 2.75) is 52.6 Å². The molecule has 3 heteroatoms. The fourth-order valence-corrected chi connectivity index (χ4v) is 1.52. The van der Waals surface area contributed by atoms with Gasteiger partial charge in [0.2, 0.25) is 5.91 Å². The molecule has 1 aromatic carbocycles. The molecule has 0 fully saturated rings. The number of carbonyl (C=O) groups excluding carboxylic acids is 1. The molecule has 0 bridgehead atoms. The second-order valence-electron chi connectivity index (χ2n) is 5.39. The molecule has 0 unspecified atom stereocenters. The van der Waals surface area contributed by atoms with Gasteiger partial charge in [-0.3, -0.25) is 4.79 Å². The number of rotatable bonds is 5. The minimum Gasteiger partial charge on any atom is -0.488 e. The predicted molar refractivity (Wildman–Crippen MR) is 75.0 cm³/mol. The third kappa shape index (κ3) is 5.71. The lowest BCUT2D eigenvalue weighted by Crippen LogP contribution is -2.22. The van der Waals surface area contributed by atoms with Crippen molar-refractivity contribution < 1.29 is 9.53 Å². The summed E-state index contributed by atoms with van der Waals surface area (Å²) in [5.74, 6) is 0.885. The van der Waals surface area contributed by atoms with Gasteiger partial charge in [0.15, 0.2) is 0 Å². The van der Waals surface area contributed by atoms with Crippen LogP contribution in [-0.2, 0) is 4.79 Å². The van der Waals surface area contributed by atoms with Crippen molar-refractivity contribution in [2.75, 3.05) is 5.32 Å². The van der Waals surface area contributed by atoms with E-state index in [0.29, 0.717) is 6.42 Å². The van der Waals surface area contributed by atoms with Crippen LogP contribution in [0.3, 0.4) is 0 Å². The van der Waals surface area contributed by atoms with Gasteiger partial charge in [0.05, 0.1) is 0 Å². The SMILES string of the molecule is CCCCC(=O)Nc1ccc(OC(C)(C)C)cc1. The monoisotopic (exact) mass is 249 g/mol. The van der Waals surface area contributed by atoms with E-state index in [1.165, 1.54) is 0 Å². The molecule has 0 aliphatic rings. The minimum absolute atomic E-state index is 0.0707. The highest BCUT2D eigenvalue weighted by Gasteiger charge is 2.11. The summed E-state index contributed by atoms with van der Waals surface area (Å²) in [5, 5.41) is 2.87. The zero-order valence-corrected chi connectivity index (χ0v) is 11.7. The van der Waals surface area contributed by atoms with Crippen LogP contribution in [0, 0.1) is 0 Å². The fraction of sp³-hybridized carbons (Fsp3) is 0.533. The number of unbranched alkanes of at least 4 members (excludes halogenated alkanes) is 1. The minimum atomic E-state index is -0.202. The Bertz CT molecular complexity index is 376. The van der Waals surface area contributed by atoms with E-state index in [9.17, 15) is 4.79 Å². The number of anilines is 1. The van der Waals surface area contributed by atoms with Crippen LogP contribution < -0.4 is 10.1 Å². The zero-order valence-electron chi connectivity index (χ0n) is 11.7. The molecule has 0 saturated heterocycles. The molecule has 0 saturated carbocycles. The first-order chi connectivity index (χ1) is 8.40. The molecule has 0 aliphatic heterocycles. The third-order valence-electron chi connectivity index (χ3n) is 2.32. The van der Waals surface area contributed by atoms with E-state index in [4.69, 9.17) is 4.74 Å². The zero-order chi connectivity index (χ0) is 13.6. The van der Waals surface area contributed by atoms with E-state index in [1.807, 2.05) is 45.0 Å². The molecule has 1 rings (SSSR count). The number of ether oxygens (including phenoxy) is 1. The molecule has 0 heterocycles. The Morgan fingerprint density at radius 1 is 1.22 bits per heavy atom. The highest BCUT2D eigenvalue weighted by molar-refractivity contribution is 5.90. The van der Waals surface area contributed by atoms with Crippen LogP contribution in [-0.4, -0.2) is 11.5 Å². The van der Waals surface area contributed by atoms with Crippen molar-refractivity contribution >= 4 is 11.6 Å². The van der Waals surface area contributed by atoms with Gasteiger partial charge in [0.25, 0.3) is 0 Å². The van der Waals surface area contributed by atoms with Crippen LogP contribution in [0.5, 0.6) is 5.75 Å². The van der Waals surface area contributed by atoms with Gasteiger partial charge in [0.1, 0.15) is 11.4 Å². The summed E-state index contributed by atoms with van der Waals surface area (Å²) in [6, 6.07) is 7.48. The van der Waals surface area contributed by atoms with Gasteiger partial charge in [-0.2, -0.15) is 0 Å². The predicted octanol–water partition coefficient (Wildman–Crippen LogP) is 3.99. The number of hydrogen-bond donors (Lipinski definition) is 1. The smallest absolute Gasteiger partial charge is 0.224 e. The van der Waals surface area contributed by atoms with E-state index < -0.39 is 0 Å². The number of nitrogens with one attached hydrogen (secondary N) is 1. The Hall–Kier alpha value is -1.51. The van der Waals surface area contributed by atoms with Crippen molar-refractivity contribution in [2.24, 2.45) is 0 Å². The van der Waals surface area contributed by atoms with Gasteiger partial charge in [-0.25, -0.2) is 0 Å². The Morgan fingerprint density at radius 3 is 2.33 bits per heavy atom. The number of hydrogen-bond acceptors (Lipinski definition) is 2. The van der Waals surface area contributed by atoms with Crippen LogP contribution in [0.4, 0.5) is 5.69 Å². The third-order valence-corrected chi connectivity index (χ3v) is 2.32. The molecule has 3 nitrogen and oxygen atoms in total. The first-order valence-corrected chi connectivity index (χ1v) is 6.49. The van der Waals surface area contributed by atoms with E-state index in [2.05, 4.69) is 12.2 Å². The quantitative estimate of drug-likeness (QED) is 0.856. The topological polar surface area (TPSA) is 38.3 Å². The number of carbonyl (C=O) groups is 1. The van der Waals surface area contributed by atoms with Crippen molar-refractivity contribution in [3.05, 3.63) is 24.3 Å². The second kappa shape index (κ2) is 6.43.